The number of benzene rings is 1. The van der Waals surface area contributed by atoms with Crippen LogP contribution in [0.25, 0.3) is 0 Å². The zero-order chi connectivity index (χ0) is 12.4. The fraction of sp³-hybridized carbons (Fsp3) is 0.357. The minimum Gasteiger partial charge on any atom is -0.501 e. The van der Waals surface area contributed by atoms with Crippen molar-refractivity contribution in [3.05, 3.63) is 36.1 Å². The van der Waals surface area contributed by atoms with E-state index in [0.29, 0.717) is 23.7 Å². The third-order valence-corrected chi connectivity index (χ3v) is 3.05. The van der Waals surface area contributed by atoms with Crippen LogP contribution in [-0.2, 0) is 9.53 Å². The molecule has 1 aromatic carbocycles. The lowest BCUT2D eigenvalue weighted by Gasteiger charge is -2.26. The summed E-state index contributed by atoms with van der Waals surface area (Å²) in [7, 11) is 0. The van der Waals surface area contributed by atoms with Crippen LogP contribution in [0.5, 0.6) is 11.5 Å². The quantitative estimate of drug-likeness (QED) is 0.801. The van der Waals surface area contributed by atoms with Crippen LogP contribution in [0, 0.1) is 0 Å². The molecule has 0 saturated heterocycles. The number of hydrogen-bond acceptors (Lipinski definition) is 4. The lowest BCUT2D eigenvalue weighted by Crippen LogP contribution is -2.37. The molecule has 3 rings (SSSR count). The number of carbonyl (C=O) groups is 1. The molecule has 1 unspecified atom stereocenters. The second-order valence-corrected chi connectivity index (χ2v) is 4.35. The minimum atomic E-state index is -0.562. The van der Waals surface area contributed by atoms with Crippen molar-refractivity contribution in [1.82, 2.24) is 0 Å². The van der Waals surface area contributed by atoms with Crippen LogP contribution < -0.4 is 9.47 Å². The average molecular weight is 246 g/mol. The van der Waals surface area contributed by atoms with E-state index in [9.17, 15) is 4.79 Å². The van der Waals surface area contributed by atoms with E-state index in [0.717, 1.165) is 12.8 Å². The van der Waals surface area contributed by atoms with Crippen LogP contribution in [0.4, 0.5) is 0 Å². The summed E-state index contributed by atoms with van der Waals surface area (Å²) in [5, 5.41) is 0. The Kier molecular flexibility index (Phi) is 2.92. The van der Waals surface area contributed by atoms with Gasteiger partial charge >= 0.3 is 0 Å². The van der Waals surface area contributed by atoms with Crippen molar-refractivity contribution in [2.45, 2.75) is 18.9 Å². The number of rotatable bonds is 2. The number of para-hydroxylation sites is 2. The third kappa shape index (κ3) is 2.06. The van der Waals surface area contributed by atoms with Gasteiger partial charge in [0.1, 0.15) is 6.61 Å². The van der Waals surface area contributed by atoms with Crippen molar-refractivity contribution in [3.63, 3.8) is 0 Å². The van der Waals surface area contributed by atoms with E-state index in [4.69, 9.17) is 14.2 Å². The molecule has 18 heavy (non-hydrogen) atoms. The molecule has 1 atom stereocenters. The summed E-state index contributed by atoms with van der Waals surface area (Å²) in [6.07, 6.45) is 2.62. The lowest BCUT2D eigenvalue weighted by atomic mass is 10.0. The summed E-state index contributed by atoms with van der Waals surface area (Å²) in [4.78, 5) is 12.2. The van der Waals surface area contributed by atoms with Gasteiger partial charge in [-0.1, -0.05) is 12.1 Å². The summed E-state index contributed by atoms with van der Waals surface area (Å²) in [5.41, 5.74) is 0.689. The number of fused-ring (bicyclic) bond motifs is 1. The molecule has 0 spiro atoms. The second kappa shape index (κ2) is 4.72. The molecule has 4 nitrogen and oxygen atoms in total. The molecule has 0 aliphatic carbocycles. The SMILES string of the molecule is O=C(C1=COCCC1)C1COc2ccccc2O1. The van der Waals surface area contributed by atoms with Crippen LogP contribution in [0.15, 0.2) is 36.1 Å². The Morgan fingerprint density at radius 3 is 2.83 bits per heavy atom. The molecule has 2 aliphatic rings. The van der Waals surface area contributed by atoms with Gasteiger partial charge in [0.15, 0.2) is 17.6 Å². The Balaban J connectivity index is 1.75. The van der Waals surface area contributed by atoms with Crippen molar-refractivity contribution in [2.24, 2.45) is 0 Å². The fourth-order valence-electron chi connectivity index (χ4n) is 2.10. The Morgan fingerprint density at radius 2 is 2.06 bits per heavy atom. The average Bonchev–Trinajstić information content (AvgIpc) is 2.47. The van der Waals surface area contributed by atoms with Crippen LogP contribution >= 0.6 is 0 Å². The van der Waals surface area contributed by atoms with E-state index in [-0.39, 0.29) is 12.4 Å². The molecule has 0 saturated carbocycles. The van der Waals surface area contributed by atoms with E-state index in [1.54, 1.807) is 12.3 Å². The molecule has 94 valence electrons. The minimum absolute atomic E-state index is 0.0378. The van der Waals surface area contributed by atoms with E-state index < -0.39 is 6.10 Å². The van der Waals surface area contributed by atoms with E-state index in [1.165, 1.54) is 0 Å². The molecule has 0 N–H and O–H groups in total. The smallest absolute Gasteiger partial charge is 0.205 e. The molecule has 1 aromatic rings. The van der Waals surface area contributed by atoms with Crippen LogP contribution in [-0.4, -0.2) is 25.1 Å². The molecule has 0 amide bonds. The predicted molar refractivity (Wildman–Crippen MR) is 64.6 cm³/mol. The summed E-state index contributed by atoms with van der Waals surface area (Å²) in [5.74, 6) is 1.28. The highest BCUT2D eigenvalue weighted by molar-refractivity contribution is 5.99. The summed E-state index contributed by atoms with van der Waals surface area (Å²) >= 11 is 0. The molecule has 2 heterocycles. The van der Waals surface area contributed by atoms with E-state index in [1.807, 2.05) is 18.2 Å². The van der Waals surface area contributed by atoms with Gasteiger partial charge in [0.05, 0.1) is 12.9 Å². The molecular formula is C14H14O4. The maximum absolute atomic E-state index is 12.2. The zero-order valence-corrected chi connectivity index (χ0v) is 9.93. The monoisotopic (exact) mass is 246 g/mol. The van der Waals surface area contributed by atoms with Gasteiger partial charge in [-0.15, -0.1) is 0 Å². The van der Waals surface area contributed by atoms with Gasteiger partial charge in [-0.2, -0.15) is 0 Å². The topological polar surface area (TPSA) is 44.8 Å². The number of hydrogen-bond donors (Lipinski definition) is 0. The first-order valence-corrected chi connectivity index (χ1v) is 6.08. The number of ketones is 1. The van der Waals surface area contributed by atoms with Crippen molar-refractivity contribution in [2.75, 3.05) is 13.2 Å². The van der Waals surface area contributed by atoms with Crippen LogP contribution in [0.2, 0.25) is 0 Å². The maximum Gasteiger partial charge on any atom is 0.205 e. The van der Waals surface area contributed by atoms with Gasteiger partial charge in [0.2, 0.25) is 5.78 Å². The first-order chi connectivity index (χ1) is 8.84. The standard InChI is InChI=1S/C14H14O4/c15-14(10-4-3-7-16-8-10)13-9-17-11-5-1-2-6-12(11)18-13/h1-2,5-6,8,13H,3-4,7,9H2. The number of carbonyl (C=O) groups excluding carboxylic acids is 1. The molecule has 4 heteroatoms. The van der Waals surface area contributed by atoms with Crippen molar-refractivity contribution in [1.29, 1.82) is 0 Å². The third-order valence-electron chi connectivity index (χ3n) is 3.05. The first-order valence-electron chi connectivity index (χ1n) is 6.08. The molecule has 0 aromatic heterocycles. The van der Waals surface area contributed by atoms with Crippen LogP contribution in [0.3, 0.4) is 0 Å². The van der Waals surface area contributed by atoms with Gasteiger partial charge in [0, 0.05) is 5.57 Å². The van der Waals surface area contributed by atoms with Crippen molar-refractivity contribution >= 4 is 5.78 Å². The molecule has 0 fully saturated rings. The van der Waals surface area contributed by atoms with Crippen molar-refractivity contribution < 1.29 is 19.0 Å². The number of ether oxygens (including phenoxy) is 3. The van der Waals surface area contributed by atoms with Crippen molar-refractivity contribution in [3.8, 4) is 11.5 Å². The Bertz CT molecular complexity index is 492. The Morgan fingerprint density at radius 1 is 1.22 bits per heavy atom. The summed E-state index contributed by atoms with van der Waals surface area (Å²) in [6, 6.07) is 7.37. The van der Waals surface area contributed by atoms with Gasteiger partial charge < -0.3 is 14.2 Å². The normalized spacial score (nSPS) is 21.8. The largest absolute Gasteiger partial charge is 0.501 e. The highest BCUT2D eigenvalue weighted by Gasteiger charge is 2.30. The van der Waals surface area contributed by atoms with Gasteiger partial charge in [0.25, 0.3) is 0 Å². The Labute approximate surface area is 105 Å². The highest BCUT2D eigenvalue weighted by atomic mass is 16.6. The van der Waals surface area contributed by atoms with Gasteiger partial charge in [-0.25, -0.2) is 0 Å². The zero-order valence-electron chi connectivity index (χ0n) is 9.93. The maximum atomic E-state index is 12.2. The fourth-order valence-corrected chi connectivity index (χ4v) is 2.10. The van der Waals surface area contributed by atoms with E-state index >= 15 is 0 Å². The second-order valence-electron chi connectivity index (χ2n) is 4.35. The first kappa shape index (κ1) is 11.1. The Hall–Kier alpha value is -1.97. The number of Topliss-reactive ketones (excluding diaryl/α,β-unsaturated/α-hetero) is 1. The van der Waals surface area contributed by atoms with Crippen LogP contribution in [0.1, 0.15) is 12.8 Å². The molecule has 2 aliphatic heterocycles. The highest BCUT2D eigenvalue weighted by Crippen LogP contribution is 2.32. The predicted octanol–water partition coefficient (Wildman–Crippen LogP) is 2.09. The molecule has 0 radical (unpaired) electrons. The van der Waals surface area contributed by atoms with E-state index in [2.05, 4.69) is 0 Å². The van der Waals surface area contributed by atoms with Gasteiger partial charge in [-0.3, -0.25) is 4.79 Å². The van der Waals surface area contributed by atoms with Gasteiger partial charge in [-0.05, 0) is 25.0 Å². The molecule has 0 bridgehead atoms. The lowest BCUT2D eigenvalue weighted by molar-refractivity contribution is -0.124. The molecular weight excluding hydrogens is 232 g/mol. The summed E-state index contributed by atoms with van der Waals surface area (Å²) < 4.78 is 16.4. The summed E-state index contributed by atoms with van der Waals surface area (Å²) in [6.45, 7) is 0.939.